The summed E-state index contributed by atoms with van der Waals surface area (Å²) in [7, 11) is 0. The van der Waals surface area contributed by atoms with Crippen LogP contribution in [0.2, 0.25) is 0 Å². The zero-order chi connectivity index (χ0) is 16.1. The fourth-order valence-corrected chi connectivity index (χ4v) is 2.24. The van der Waals surface area contributed by atoms with Crippen LogP contribution in [-0.4, -0.2) is 27.4 Å². The van der Waals surface area contributed by atoms with Gasteiger partial charge in [0.2, 0.25) is 0 Å². The number of benzene rings is 2. The number of aliphatic hydroxyl groups is 1. The van der Waals surface area contributed by atoms with Crippen LogP contribution in [0.5, 0.6) is 5.75 Å². The maximum absolute atomic E-state index is 12.8. The zero-order valence-corrected chi connectivity index (χ0v) is 12.5. The van der Waals surface area contributed by atoms with E-state index in [9.17, 15) is 9.50 Å². The Hall–Kier alpha value is -2.66. The number of aliphatic hydroxyl groups excluding tert-OH is 1. The Morgan fingerprint density at radius 1 is 1.09 bits per heavy atom. The van der Waals surface area contributed by atoms with Crippen molar-refractivity contribution in [3.8, 4) is 17.0 Å². The lowest BCUT2D eigenvalue weighted by molar-refractivity contribution is 0.0924. The number of imidazole rings is 1. The number of nitrogens with zero attached hydrogens (tertiary/aromatic N) is 2. The van der Waals surface area contributed by atoms with Crippen LogP contribution in [0, 0.1) is 5.82 Å². The molecule has 1 heterocycles. The molecule has 5 heteroatoms. The highest BCUT2D eigenvalue weighted by atomic mass is 19.1. The van der Waals surface area contributed by atoms with E-state index in [2.05, 4.69) is 4.98 Å². The molecule has 4 nitrogen and oxygen atoms in total. The molecule has 0 aliphatic carbocycles. The summed E-state index contributed by atoms with van der Waals surface area (Å²) >= 11 is 0. The van der Waals surface area contributed by atoms with Gasteiger partial charge >= 0.3 is 0 Å². The predicted octanol–water partition coefficient (Wildman–Crippen LogP) is 3.13. The lowest BCUT2D eigenvalue weighted by Crippen LogP contribution is -2.23. The average molecular weight is 312 g/mol. The number of ether oxygens (including phenoxy) is 1. The first-order valence-electron chi connectivity index (χ1n) is 7.34. The maximum atomic E-state index is 12.8. The second-order valence-electron chi connectivity index (χ2n) is 5.24. The molecule has 0 spiro atoms. The fraction of sp³-hybridized carbons (Fsp3) is 0.167. The van der Waals surface area contributed by atoms with Gasteiger partial charge in [0.1, 0.15) is 24.3 Å². The SMILES string of the molecule is O[C@H](COc1ccc(F)cc1)Cn1cnc(-c2ccccc2)c1. The van der Waals surface area contributed by atoms with E-state index in [4.69, 9.17) is 4.74 Å². The molecule has 0 amide bonds. The van der Waals surface area contributed by atoms with Crippen molar-refractivity contribution < 1.29 is 14.2 Å². The van der Waals surface area contributed by atoms with E-state index >= 15 is 0 Å². The van der Waals surface area contributed by atoms with Gasteiger partial charge in [0.15, 0.2) is 0 Å². The Kier molecular flexibility index (Phi) is 4.68. The van der Waals surface area contributed by atoms with Crippen LogP contribution < -0.4 is 4.74 Å². The molecule has 0 radical (unpaired) electrons. The second-order valence-corrected chi connectivity index (χ2v) is 5.24. The molecule has 3 rings (SSSR count). The van der Waals surface area contributed by atoms with Gasteiger partial charge in [-0.25, -0.2) is 9.37 Å². The first-order chi connectivity index (χ1) is 11.2. The third-order valence-electron chi connectivity index (χ3n) is 3.38. The minimum absolute atomic E-state index is 0.129. The number of rotatable bonds is 6. The molecule has 0 fully saturated rings. The Morgan fingerprint density at radius 3 is 2.57 bits per heavy atom. The summed E-state index contributed by atoms with van der Waals surface area (Å²) in [6.07, 6.45) is 2.89. The van der Waals surface area contributed by atoms with Crippen molar-refractivity contribution in [3.05, 3.63) is 72.9 Å². The Labute approximate surface area is 133 Å². The monoisotopic (exact) mass is 312 g/mol. The quantitative estimate of drug-likeness (QED) is 0.761. The zero-order valence-electron chi connectivity index (χ0n) is 12.5. The van der Waals surface area contributed by atoms with Gasteiger partial charge in [0.05, 0.1) is 18.6 Å². The molecule has 118 valence electrons. The van der Waals surface area contributed by atoms with Crippen molar-refractivity contribution in [2.45, 2.75) is 12.6 Å². The topological polar surface area (TPSA) is 47.3 Å². The molecule has 0 aliphatic rings. The van der Waals surface area contributed by atoms with Crippen LogP contribution in [0.25, 0.3) is 11.3 Å². The summed E-state index contributed by atoms with van der Waals surface area (Å²) in [6, 6.07) is 15.6. The number of aromatic nitrogens is 2. The molecule has 0 bridgehead atoms. The predicted molar refractivity (Wildman–Crippen MR) is 85.6 cm³/mol. The van der Waals surface area contributed by atoms with Gasteiger partial charge in [-0.1, -0.05) is 30.3 Å². The van der Waals surface area contributed by atoms with Crippen molar-refractivity contribution >= 4 is 0 Å². The van der Waals surface area contributed by atoms with E-state index in [1.165, 1.54) is 24.3 Å². The molecular formula is C18H17FN2O2. The van der Waals surface area contributed by atoms with E-state index in [0.29, 0.717) is 12.3 Å². The molecule has 0 unspecified atom stereocenters. The first kappa shape index (κ1) is 15.2. The van der Waals surface area contributed by atoms with Crippen LogP contribution in [0.4, 0.5) is 4.39 Å². The highest BCUT2D eigenvalue weighted by Gasteiger charge is 2.08. The van der Waals surface area contributed by atoms with Gasteiger partial charge in [-0.2, -0.15) is 0 Å². The summed E-state index contributed by atoms with van der Waals surface area (Å²) in [6.45, 7) is 0.505. The standard InChI is InChI=1S/C18H17FN2O2/c19-15-6-8-17(9-7-15)23-12-16(22)10-21-11-18(20-13-21)14-4-2-1-3-5-14/h1-9,11,13,16,22H,10,12H2/t16-/m0/s1. The van der Waals surface area contributed by atoms with Crippen molar-refractivity contribution in [2.24, 2.45) is 0 Å². The van der Waals surface area contributed by atoms with Gasteiger partial charge in [-0.3, -0.25) is 0 Å². The van der Waals surface area contributed by atoms with Gasteiger partial charge in [0.25, 0.3) is 0 Å². The van der Waals surface area contributed by atoms with E-state index in [1.54, 1.807) is 6.33 Å². The highest BCUT2D eigenvalue weighted by molar-refractivity contribution is 5.57. The lowest BCUT2D eigenvalue weighted by atomic mass is 10.2. The maximum Gasteiger partial charge on any atom is 0.123 e. The van der Waals surface area contributed by atoms with Crippen molar-refractivity contribution in [2.75, 3.05) is 6.61 Å². The fourth-order valence-electron chi connectivity index (χ4n) is 2.24. The largest absolute Gasteiger partial charge is 0.491 e. The minimum Gasteiger partial charge on any atom is -0.491 e. The number of halogens is 1. The molecule has 0 aliphatic heterocycles. The molecule has 0 saturated carbocycles. The molecule has 1 N–H and O–H groups in total. The Bertz CT molecular complexity index is 741. The number of hydrogen-bond acceptors (Lipinski definition) is 3. The Balaban J connectivity index is 1.55. The summed E-state index contributed by atoms with van der Waals surface area (Å²) in [4.78, 5) is 4.34. The Morgan fingerprint density at radius 2 is 1.83 bits per heavy atom. The molecule has 1 aromatic heterocycles. The van der Waals surface area contributed by atoms with Gasteiger partial charge in [-0.05, 0) is 24.3 Å². The van der Waals surface area contributed by atoms with Crippen LogP contribution in [0.3, 0.4) is 0 Å². The van der Waals surface area contributed by atoms with E-state index in [-0.39, 0.29) is 12.4 Å². The van der Waals surface area contributed by atoms with E-state index < -0.39 is 6.10 Å². The van der Waals surface area contributed by atoms with Crippen LogP contribution in [-0.2, 0) is 6.54 Å². The highest BCUT2D eigenvalue weighted by Crippen LogP contribution is 2.16. The molecular weight excluding hydrogens is 295 g/mol. The molecule has 1 atom stereocenters. The summed E-state index contributed by atoms with van der Waals surface area (Å²) in [5, 5.41) is 10.1. The molecule has 23 heavy (non-hydrogen) atoms. The third-order valence-corrected chi connectivity index (χ3v) is 3.38. The van der Waals surface area contributed by atoms with Gasteiger partial charge in [-0.15, -0.1) is 0 Å². The lowest BCUT2D eigenvalue weighted by Gasteiger charge is -2.12. The van der Waals surface area contributed by atoms with E-state index in [0.717, 1.165) is 11.3 Å². The van der Waals surface area contributed by atoms with Crippen LogP contribution >= 0.6 is 0 Å². The first-order valence-corrected chi connectivity index (χ1v) is 7.34. The summed E-state index contributed by atoms with van der Waals surface area (Å²) in [5.74, 6) is 0.214. The molecule has 3 aromatic rings. The smallest absolute Gasteiger partial charge is 0.123 e. The van der Waals surface area contributed by atoms with Gasteiger partial charge < -0.3 is 14.4 Å². The number of hydrogen-bond donors (Lipinski definition) is 1. The van der Waals surface area contributed by atoms with Crippen molar-refractivity contribution in [3.63, 3.8) is 0 Å². The van der Waals surface area contributed by atoms with Crippen molar-refractivity contribution in [1.29, 1.82) is 0 Å². The van der Waals surface area contributed by atoms with E-state index in [1.807, 2.05) is 41.1 Å². The normalized spacial score (nSPS) is 12.1. The van der Waals surface area contributed by atoms with Crippen LogP contribution in [0.1, 0.15) is 0 Å². The molecule has 0 saturated heterocycles. The summed E-state index contributed by atoms with van der Waals surface area (Å²) in [5.41, 5.74) is 1.89. The van der Waals surface area contributed by atoms with Crippen LogP contribution in [0.15, 0.2) is 67.1 Å². The second kappa shape index (κ2) is 7.07. The average Bonchev–Trinajstić information content (AvgIpc) is 3.04. The third kappa shape index (κ3) is 4.17. The molecule has 2 aromatic carbocycles. The summed E-state index contributed by atoms with van der Waals surface area (Å²) < 4.78 is 20.1. The van der Waals surface area contributed by atoms with Crippen molar-refractivity contribution in [1.82, 2.24) is 9.55 Å². The van der Waals surface area contributed by atoms with Gasteiger partial charge in [0, 0.05) is 11.8 Å². The minimum atomic E-state index is -0.683.